The summed E-state index contributed by atoms with van der Waals surface area (Å²) in [5.41, 5.74) is 13.8. The highest BCUT2D eigenvalue weighted by Crippen LogP contribution is 2.15. The number of carbonyl (C=O) groups excluding carboxylic acids is 1. The van der Waals surface area contributed by atoms with E-state index in [1.165, 1.54) is 11.8 Å². The van der Waals surface area contributed by atoms with Crippen molar-refractivity contribution in [2.45, 2.75) is 13.5 Å². The second kappa shape index (κ2) is 5.39. The van der Waals surface area contributed by atoms with Crippen LogP contribution in [0.3, 0.4) is 0 Å². The zero-order chi connectivity index (χ0) is 13.8. The number of nitrogens with one attached hydrogen (secondary N) is 1. The van der Waals surface area contributed by atoms with Gasteiger partial charge in [0.1, 0.15) is 5.82 Å². The Hall–Kier alpha value is -2.56. The van der Waals surface area contributed by atoms with Gasteiger partial charge in [-0.25, -0.2) is 4.98 Å². The van der Waals surface area contributed by atoms with Crippen LogP contribution >= 0.6 is 0 Å². The van der Waals surface area contributed by atoms with E-state index in [1.54, 1.807) is 6.07 Å². The number of nitrogen functional groups attached to an aromatic ring is 1. The van der Waals surface area contributed by atoms with Gasteiger partial charge in [0.25, 0.3) is 5.91 Å². The van der Waals surface area contributed by atoms with Gasteiger partial charge in [-0.15, -0.1) is 0 Å². The summed E-state index contributed by atoms with van der Waals surface area (Å²) in [6.07, 6.45) is 1.43. The van der Waals surface area contributed by atoms with E-state index in [9.17, 15) is 4.79 Å². The van der Waals surface area contributed by atoms with E-state index in [0.29, 0.717) is 12.4 Å². The second-order valence-corrected chi connectivity index (χ2v) is 4.36. The molecule has 19 heavy (non-hydrogen) atoms. The summed E-state index contributed by atoms with van der Waals surface area (Å²) in [5.74, 6) is 0.0167. The number of rotatable bonds is 4. The molecule has 0 spiro atoms. The normalized spacial score (nSPS) is 10.2. The molecule has 5 nitrogen and oxygen atoms in total. The Kier molecular flexibility index (Phi) is 3.66. The number of hydrogen-bond donors (Lipinski definition) is 3. The first kappa shape index (κ1) is 12.9. The van der Waals surface area contributed by atoms with Gasteiger partial charge >= 0.3 is 0 Å². The van der Waals surface area contributed by atoms with Crippen molar-refractivity contribution < 1.29 is 4.79 Å². The Balaban J connectivity index is 2.12. The van der Waals surface area contributed by atoms with Crippen LogP contribution < -0.4 is 16.8 Å². The van der Waals surface area contributed by atoms with E-state index in [2.05, 4.69) is 16.4 Å². The Labute approximate surface area is 111 Å². The van der Waals surface area contributed by atoms with E-state index in [4.69, 9.17) is 11.5 Å². The molecule has 5 heteroatoms. The average molecular weight is 256 g/mol. The predicted molar refractivity (Wildman–Crippen MR) is 75.7 cm³/mol. The fraction of sp³-hybridized carbons (Fsp3) is 0.143. The summed E-state index contributed by atoms with van der Waals surface area (Å²) in [6, 6.07) is 9.70. The van der Waals surface area contributed by atoms with Gasteiger partial charge in [0.05, 0.1) is 17.4 Å². The third-order valence-electron chi connectivity index (χ3n) is 2.76. The molecule has 0 aliphatic rings. The van der Waals surface area contributed by atoms with Gasteiger partial charge in [-0.2, -0.15) is 0 Å². The van der Waals surface area contributed by atoms with Crippen molar-refractivity contribution in [1.29, 1.82) is 0 Å². The summed E-state index contributed by atoms with van der Waals surface area (Å²) in [4.78, 5) is 15.3. The topological polar surface area (TPSA) is 94.0 Å². The highest BCUT2D eigenvalue weighted by Gasteiger charge is 2.07. The Bertz CT molecular complexity index is 610. The minimum Gasteiger partial charge on any atom is -0.397 e. The number of aromatic nitrogens is 1. The van der Waals surface area contributed by atoms with Gasteiger partial charge < -0.3 is 16.8 Å². The van der Waals surface area contributed by atoms with Crippen molar-refractivity contribution in [2.75, 3.05) is 11.1 Å². The standard InChI is InChI=1S/C14H16N4O/c1-9-3-2-4-10(5-9)7-17-13-6-11(14(16)19)12(15)8-18-13/h2-6,8H,7,15H2,1H3,(H2,16,19)(H,17,18). The maximum atomic E-state index is 11.2. The number of aryl methyl sites for hydroxylation is 1. The van der Waals surface area contributed by atoms with Gasteiger partial charge in [0.2, 0.25) is 0 Å². The van der Waals surface area contributed by atoms with Crippen LogP contribution in [0.4, 0.5) is 11.5 Å². The smallest absolute Gasteiger partial charge is 0.250 e. The van der Waals surface area contributed by atoms with Crippen molar-refractivity contribution in [3.63, 3.8) is 0 Å². The van der Waals surface area contributed by atoms with E-state index in [0.717, 1.165) is 5.56 Å². The molecule has 0 aliphatic carbocycles. The molecule has 0 radical (unpaired) electrons. The fourth-order valence-corrected chi connectivity index (χ4v) is 1.79. The predicted octanol–water partition coefficient (Wildman–Crippen LogP) is 1.68. The fourth-order valence-electron chi connectivity index (χ4n) is 1.79. The van der Waals surface area contributed by atoms with Crippen molar-refractivity contribution in [2.24, 2.45) is 5.73 Å². The average Bonchev–Trinajstić information content (AvgIpc) is 2.37. The van der Waals surface area contributed by atoms with Crippen LogP contribution in [0.1, 0.15) is 21.5 Å². The van der Waals surface area contributed by atoms with Crippen molar-refractivity contribution in [3.05, 3.63) is 53.2 Å². The number of anilines is 2. The molecule has 1 aromatic heterocycles. The SMILES string of the molecule is Cc1cccc(CNc2cc(C(N)=O)c(N)cn2)c1. The first-order chi connectivity index (χ1) is 9.06. The summed E-state index contributed by atoms with van der Waals surface area (Å²) in [7, 11) is 0. The van der Waals surface area contributed by atoms with Gasteiger partial charge in [0.15, 0.2) is 0 Å². The molecule has 0 saturated carbocycles. The molecular formula is C14H16N4O. The zero-order valence-corrected chi connectivity index (χ0v) is 10.7. The monoisotopic (exact) mass is 256 g/mol. The van der Waals surface area contributed by atoms with Crippen molar-refractivity contribution >= 4 is 17.4 Å². The molecule has 0 atom stereocenters. The van der Waals surface area contributed by atoms with Crippen LogP contribution in [-0.2, 0) is 6.54 Å². The van der Waals surface area contributed by atoms with Crippen LogP contribution in [0, 0.1) is 6.92 Å². The van der Waals surface area contributed by atoms with E-state index >= 15 is 0 Å². The maximum absolute atomic E-state index is 11.2. The van der Waals surface area contributed by atoms with E-state index < -0.39 is 5.91 Å². The molecule has 98 valence electrons. The lowest BCUT2D eigenvalue weighted by atomic mass is 10.1. The summed E-state index contributed by atoms with van der Waals surface area (Å²) < 4.78 is 0. The first-order valence-corrected chi connectivity index (χ1v) is 5.91. The van der Waals surface area contributed by atoms with Gasteiger partial charge in [0, 0.05) is 6.54 Å². The molecular weight excluding hydrogens is 240 g/mol. The lowest BCUT2D eigenvalue weighted by Gasteiger charge is -2.08. The Morgan fingerprint density at radius 1 is 1.37 bits per heavy atom. The summed E-state index contributed by atoms with van der Waals surface area (Å²) in [5, 5.41) is 3.14. The van der Waals surface area contributed by atoms with Gasteiger partial charge in [-0.1, -0.05) is 29.8 Å². The molecule has 0 aliphatic heterocycles. The van der Waals surface area contributed by atoms with Crippen LogP contribution in [-0.4, -0.2) is 10.9 Å². The van der Waals surface area contributed by atoms with Crippen LogP contribution in [0.2, 0.25) is 0 Å². The third kappa shape index (κ3) is 3.22. The molecule has 0 bridgehead atoms. The molecule has 5 N–H and O–H groups in total. The molecule has 2 aromatic rings. The molecule has 1 heterocycles. The maximum Gasteiger partial charge on any atom is 0.250 e. The van der Waals surface area contributed by atoms with Crippen LogP contribution in [0.25, 0.3) is 0 Å². The molecule has 1 aromatic carbocycles. The number of nitrogens with zero attached hydrogens (tertiary/aromatic N) is 1. The van der Waals surface area contributed by atoms with Crippen LogP contribution in [0.15, 0.2) is 36.5 Å². The number of carbonyl (C=O) groups is 1. The lowest BCUT2D eigenvalue weighted by Crippen LogP contribution is -2.14. The number of nitrogens with two attached hydrogens (primary N) is 2. The van der Waals surface area contributed by atoms with E-state index in [-0.39, 0.29) is 11.3 Å². The minimum absolute atomic E-state index is 0.279. The number of primary amides is 1. The van der Waals surface area contributed by atoms with Crippen LogP contribution in [0.5, 0.6) is 0 Å². The minimum atomic E-state index is -0.557. The summed E-state index contributed by atoms with van der Waals surface area (Å²) in [6.45, 7) is 2.66. The quantitative estimate of drug-likeness (QED) is 0.775. The Morgan fingerprint density at radius 2 is 2.16 bits per heavy atom. The number of pyridine rings is 1. The Morgan fingerprint density at radius 3 is 2.84 bits per heavy atom. The summed E-state index contributed by atoms with van der Waals surface area (Å²) >= 11 is 0. The number of hydrogen-bond acceptors (Lipinski definition) is 4. The molecule has 1 amide bonds. The lowest BCUT2D eigenvalue weighted by molar-refractivity contribution is 0.100. The van der Waals surface area contributed by atoms with Gasteiger partial charge in [-0.05, 0) is 18.6 Å². The molecule has 0 fully saturated rings. The van der Waals surface area contributed by atoms with Gasteiger partial charge in [-0.3, -0.25) is 4.79 Å². The van der Waals surface area contributed by atoms with Crippen molar-refractivity contribution in [3.8, 4) is 0 Å². The highest BCUT2D eigenvalue weighted by atomic mass is 16.1. The second-order valence-electron chi connectivity index (χ2n) is 4.36. The zero-order valence-electron chi connectivity index (χ0n) is 10.7. The number of benzene rings is 1. The largest absolute Gasteiger partial charge is 0.397 e. The molecule has 2 rings (SSSR count). The van der Waals surface area contributed by atoms with Crippen molar-refractivity contribution in [1.82, 2.24) is 4.98 Å². The first-order valence-electron chi connectivity index (χ1n) is 5.91. The molecule has 0 saturated heterocycles. The highest BCUT2D eigenvalue weighted by molar-refractivity contribution is 5.98. The van der Waals surface area contributed by atoms with E-state index in [1.807, 2.05) is 25.1 Å². The third-order valence-corrected chi connectivity index (χ3v) is 2.76. The number of amides is 1. The molecule has 0 unspecified atom stereocenters.